The van der Waals surface area contributed by atoms with Gasteiger partial charge in [-0.1, -0.05) is 23.2 Å². The van der Waals surface area contributed by atoms with Gasteiger partial charge in [0.15, 0.2) is 0 Å². The van der Waals surface area contributed by atoms with Crippen molar-refractivity contribution in [2.75, 3.05) is 22.5 Å². The SMILES string of the molecule is O=C(Nc1ccc(Nc2ncnc3sc4c(c23)CCNC4)cc1)Nc1ccc(Cl)c(Cl)c1. The summed E-state index contributed by atoms with van der Waals surface area (Å²) in [6.45, 7) is 1.83. The van der Waals surface area contributed by atoms with Crippen molar-refractivity contribution in [1.82, 2.24) is 15.3 Å². The molecule has 4 aromatic rings. The average Bonchev–Trinajstić information content (AvgIpc) is 3.17. The topological polar surface area (TPSA) is 91.0 Å². The highest BCUT2D eigenvalue weighted by Gasteiger charge is 2.19. The van der Waals surface area contributed by atoms with Crippen LogP contribution >= 0.6 is 34.5 Å². The second-order valence-corrected chi connectivity index (χ2v) is 9.14. The molecule has 0 spiro atoms. The lowest BCUT2D eigenvalue weighted by molar-refractivity contribution is 0.262. The molecule has 0 radical (unpaired) electrons. The molecule has 0 bridgehead atoms. The number of hydrogen-bond acceptors (Lipinski definition) is 6. The monoisotopic (exact) mass is 484 g/mol. The number of aromatic nitrogens is 2. The maximum absolute atomic E-state index is 12.3. The van der Waals surface area contributed by atoms with Gasteiger partial charge in [0, 0.05) is 28.5 Å². The van der Waals surface area contributed by atoms with Crippen LogP contribution in [0.1, 0.15) is 10.4 Å². The molecular weight excluding hydrogens is 467 g/mol. The molecule has 0 saturated carbocycles. The van der Waals surface area contributed by atoms with Gasteiger partial charge < -0.3 is 21.3 Å². The normalized spacial score (nSPS) is 12.9. The molecule has 32 heavy (non-hydrogen) atoms. The van der Waals surface area contributed by atoms with Gasteiger partial charge in [0.05, 0.1) is 15.4 Å². The van der Waals surface area contributed by atoms with E-state index < -0.39 is 0 Å². The van der Waals surface area contributed by atoms with E-state index in [4.69, 9.17) is 23.2 Å². The van der Waals surface area contributed by atoms with E-state index in [0.717, 1.165) is 41.2 Å². The molecule has 1 aliphatic heterocycles. The standard InChI is InChI=1S/C22H18Cl2N6OS/c23-16-6-5-14(9-17(16)24)30-22(31)29-13-3-1-12(2-4-13)28-20-19-15-7-8-25-10-18(15)32-21(19)27-11-26-20/h1-6,9,11,25H,7-8,10H2,(H,26,27,28)(H2,29,30,31). The van der Waals surface area contributed by atoms with Crippen molar-refractivity contribution in [3.63, 3.8) is 0 Å². The fourth-order valence-corrected chi connectivity index (χ4v) is 5.05. The lowest BCUT2D eigenvalue weighted by Gasteiger charge is -2.14. The number of carbonyl (C=O) groups excluding carboxylic acids is 1. The first kappa shape index (κ1) is 21.0. The minimum atomic E-state index is -0.375. The van der Waals surface area contributed by atoms with Crippen molar-refractivity contribution < 1.29 is 4.79 Å². The molecule has 0 atom stereocenters. The molecule has 0 unspecified atom stereocenters. The Labute approximate surface area is 198 Å². The number of urea groups is 1. The molecule has 2 aromatic heterocycles. The van der Waals surface area contributed by atoms with Crippen molar-refractivity contribution in [3.8, 4) is 0 Å². The summed E-state index contributed by atoms with van der Waals surface area (Å²) in [4.78, 5) is 23.5. The summed E-state index contributed by atoms with van der Waals surface area (Å²) in [5.41, 5.74) is 3.40. The number of hydrogen-bond donors (Lipinski definition) is 4. The summed E-state index contributed by atoms with van der Waals surface area (Å²) in [7, 11) is 0. The minimum absolute atomic E-state index is 0.375. The summed E-state index contributed by atoms with van der Waals surface area (Å²) in [6, 6.07) is 12.0. The number of fused-ring (bicyclic) bond motifs is 3. The Kier molecular flexibility index (Phi) is 5.84. The molecule has 1 aliphatic rings. The van der Waals surface area contributed by atoms with E-state index in [1.807, 2.05) is 24.3 Å². The zero-order valence-electron chi connectivity index (χ0n) is 16.7. The summed E-state index contributed by atoms with van der Waals surface area (Å²) < 4.78 is 0. The van der Waals surface area contributed by atoms with Crippen LogP contribution in [-0.2, 0) is 13.0 Å². The highest BCUT2D eigenvalue weighted by atomic mass is 35.5. The van der Waals surface area contributed by atoms with Crippen LogP contribution in [0.3, 0.4) is 0 Å². The molecule has 0 aliphatic carbocycles. The lowest BCUT2D eigenvalue weighted by atomic mass is 10.1. The number of amides is 2. The smallest absolute Gasteiger partial charge is 0.323 e. The van der Waals surface area contributed by atoms with Gasteiger partial charge in [0.1, 0.15) is 17.0 Å². The Hall–Kier alpha value is -2.91. The Bertz CT molecular complexity index is 1310. The Morgan fingerprint density at radius 1 is 0.969 bits per heavy atom. The van der Waals surface area contributed by atoms with Gasteiger partial charge in [-0.05, 0) is 61.0 Å². The van der Waals surface area contributed by atoms with E-state index in [-0.39, 0.29) is 6.03 Å². The van der Waals surface area contributed by atoms with Gasteiger partial charge in [-0.3, -0.25) is 0 Å². The molecular formula is C22H18Cl2N6OS. The van der Waals surface area contributed by atoms with Crippen LogP contribution in [0.2, 0.25) is 10.0 Å². The summed E-state index contributed by atoms with van der Waals surface area (Å²) in [5.74, 6) is 0.799. The van der Waals surface area contributed by atoms with E-state index in [1.165, 1.54) is 10.4 Å². The number of rotatable bonds is 4. The number of anilines is 4. The summed E-state index contributed by atoms with van der Waals surface area (Å²) >= 11 is 13.6. The van der Waals surface area contributed by atoms with Crippen molar-refractivity contribution in [1.29, 1.82) is 0 Å². The third-order valence-corrected chi connectivity index (χ3v) is 6.97. The van der Waals surface area contributed by atoms with Crippen molar-refractivity contribution in [2.45, 2.75) is 13.0 Å². The van der Waals surface area contributed by atoms with Crippen LogP contribution in [0.15, 0.2) is 48.8 Å². The van der Waals surface area contributed by atoms with Gasteiger partial charge in [-0.2, -0.15) is 0 Å². The number of nitrogens with zero attached hydrogens (tertiary/aromatic N) is 2. The molecule has 0 fully saturated rings. The van der Waals surface area contributed by atoms with Crippen molar-refractivity contribution in [3.05, 3.63) is 69.3 Å². The predicted molar refractivity (Wildman–Crippen MR) is 132 cm³/mol. The second-order valence-electron chi connectivity index (χ2n) is 7.24. The van der Waals surface area contributed by atoms with Crippen LogP contribution in [0.4, 0.5) is 27.7 Å². The number of benzene rings is 2. The summed E-state index contributed by atoms with van der Waals surface area (Å²) in [5, 5.41) is 14.2. The Morgan fingerprint density at radius 3 is 2.53 bits per heavy atom. The molecule has 2 aromatic carbocycles. The highest BCUT2D eigenvalue weighted by Crippen LogP contribution is 2.36. The molecule has 10 heteroatoms. The number of carbonyl (C=O) groups is 1. The average molecular weight is 485 g/mol. The number of thiophene rings is 1. The zero-order valence-corrected chi connectivity index (χ0v) is 19.0. The zero-order chi connectivity index (χ0) is 22.1. The molecule has 2 amide bonds. The van der Waals surface area contributed by atoms with Crippen LogP contribution in [0.5, 0.6) is 0 Å². The van der Waals surface area contributed by atoms with Crippen LogP contribution in [-0.4, -0.2) is 22.5 Å². The number of nitrogens with one attached hydrogen (secondary N) is 4. The van der Waals surface area contributed by atoms with E-state index in [0.29, 0.717) is 21.4 Å². The maximum atomic E-state index is 12.3. The Balaban J connectivity index is 1.28. The molecule has 3 heterocycles. The van der Waals surface area contributed by atoms with Gasteiger partial charge >= 0.3 is 6.03 Å². The Morgan fingerprint density at radius 2 is 1.72 bits per heavy atom. The van der Waals surface area contributed by atoms with Gasteiger partial charge in [-0.25, -0.2) is 14.8 Å². The van der Waals surface area contributed by atoms with Gasteiger partial charge in [-0.15, -0.1) is 11.3 Å². The van der Waals surface area contributed by atoms with Crippen molar-refractivity contribution >= 4 is 73.7 Å². The molecule has 0 saturated heterocycles. The first-order valence-electron chi connectivity index (χ1n) is 9.93. The lowest BCUT2D eigenvalue weighted by Crippen LogP contribution is -2.22. The van der Waals surface area contributed by atoms with E-state index in [2.05, 4.69) is 31.2 Å². The largest absolute Gasteiger partial charge is 0.340 e. The minimum Gasteiger partial charge on any atom is -0.340 e. The third kappa shape index (κ3) is 4.35. The van der Waals surface area contributed by atoms with Crippen LogP contribution < -0.4 is 21.3 Å². The van der Waals surface area contributed by atoms with Crippen LogP contribution in [0, 0.1) is 0 Å². The van der Waals surface area contributed by atoms with Gasteiger partial charge in [0.2, 0.25) is 0 Å². The summed E-state index contributed by atoms with van der Waals surface area (Å²) in [6.07, 6.45) is 2.55. The van der Waals surface area contributed by atoms with E-state index >= 15 is 0 Å². The highest BCUT2D eigenvalue weighted by molar-refractivity contribution is 7.19. The quantitative estimate of drug-likeness (QED) is 0.283. The first-order chi connectivity index (χ1) is 15.6. The van der Waals surface area contributed by atoms with E-state index in [1.54, 1.807) is 35.9 Å². The van der Waals surface area contributed by atoms with Crippen molar-refractivity contribution in [2.24, 2.45) is 0 Å². The first-order valence-corrected chi connectivity index (χ1v) is 11.5. The molecule has 4 N–H and O–H groups in total. The fraction of sp³-hybridized carbons (Fsp3) is 0.136. The third-order valence-electron chi connectivity index (χ3n) is 5.09. The fourth-order valence-electron chi connectivity index (χ4n) is 3.59. The maximum Gasteiger partial charge on any atom is 0.323 e. The number of halogens is 2. The predicted octanol–water partition coefficient (Wildman–Crippen LogP) is 6.03. The van der Waals surface area contributed by atoms with E-state index in [9.17, 15) is 4.79 Å². The van der Waals surface area contributed by atoms with Gasteiger partial charge in [0.25, 0.3) is 0 Å². The second kappa shape index (κ2) is 8.91. The molecule has 7 nitrogen and oxygen atoms in total. The van der Waals surface area contributed by atoms with Crippen LogP contribution in [0.25, 0.3) is 10.2 Å². The molecule has 162 valence electrons. The molecule has 5 rings (SSSR count).